The van der Waals surface area contributed by atoms with Crippen molar-refractivity contribution in [2.45, 2.75) is 33.1 Å². The Kier molecular flexibility index (Phi) is 5.89. The Labute approximate surface area is 108 Å². The summed E-state index contributed by atoms with van der Waals surface area (Å²) in [5.41, 5.74) is 1.30. The molecule has 0 fully saturated rings. The van der Waals surface area contributed by atoms with Crippen molar-refractivity contribution in [3.63, 3.8) is 0 Å². The van der Waals surface area contributed by atoms with E-state index in [0.29, 0.717) is 0 Å². The topological polar surface area (TPSA) is 3.24 Å². The van der Waals surface area contributed by atoms with Gasteiger partial charge in [-0.25, -0.2) is 0 Å². The summed E-state index contributed by atoms with van der Waals surface area (Å²) >= 11 is 3.46. The van der Waals surface area contributed by atoms with Crippen molar-refractivity contribution >= 4 is 21.6 Å². The van der Waals surface area contributed by atoms with Crippen LogP contribution < -0.4 is 4.90 Å². The molecule has 1 nitrogen and oxygen atoms in total. The molecule has 0 heterocycles. The van der Waals surface area contributed by atoms with E-state index in [2.05, 4.69) is 66.0 Å². The van der Waals surface area contributed by atoms with Gasteiger partial charge in [-0.15, -0.1) is 0 Å². The molecule has 1 aromatic carbocycles. The summed E-state index contributed by atoms with van der Waals surface area (Å²) in [6.45, 7) is 5.73. The molecule has 2 heteroatoms. The lowest BCUT2D eigenvalue weighted by Crippen LogP contribution is -2.18. The lowest BCUT2D eigenvalue weighted by atomic mass is 10.1. The van der Waals surface area contributed by atoms with E-state index in [9.17, 15) is 0 Å². The molecule has 0 saturated heterocycles. The van der Waals surface area contributed by atoms with Crippen molar-refractivity contribution in [1.29, 1.82) is 0 Å². The van der Waals surface area contributed by atoms with Crippen molar-refractivity contribution < 1.29 is 0 Å². The summed E-state index contributed by atoms with van der Waals surface area (Å²) in [7, 11) is 2.17. The highest BCUT2D eigenvalue weighted by molar-refractivity contribution is 9.10. The van der Waals surface area contributed by atoms with Crippen LogP contribution in [0.15, 0.2) is 28.7 Å². The van der Waals surface area contributed by atoms with E-state index in [4.69, 9.17) is 0 Å². The van der Waals surface area contributed by atoms with E-state index in [0.717, 1.165) is 16.9 Å². The van der Waals surface area contributed by atoms with Crippen LogP contribution in [0.25, 0.3) is 0 Å². The third-order valence-corrected chi connectivity index (χ3v) is 3.32. The van der Waals surface area contributed by atoms with Crippen molar-refractivity contribution in [2.24, 2.45) is 5.92 Å². The smallest absolute Gasteiger partial charge is 0.0364 e. The standard InChI is InChI=1S/C14H22BrN/c1-12(2)6-4-5-11-16(3)14-9-7-13(15)8-10-14/h7-10,12H,4-6,11H2,1-3H3. The minimum Gasteiger partial charge on any atom is -0.375 e. The highest BCUT2D eigenvalue weighted by Crippen LogP contribution is 2.18. The van der Waals surface area contributed by atoms with Crippen molar-refractivity contribution in [2.75, 3.05) is 18.5 Å². The molecule has 1 aromatic rings. The Hall–Kier alpha value is -0.500. The maximum atomic E-state index is 3.46. The molecule has 0 atom stereocenters. The predicted octanol–water partition coefficient (Wildman–Crippen LogP) is 4.71. The average molecular weight is 284 g/mol. The molecule has 0 spiro atoms. The van der Waals surface area contributed by atoms with Gasteiger partial charge < -0.3 is 4.90 Å². The maximum Gasteiger partial charge on any atom is 0.0364 e. The van der Waals surface area contributed by atoms with Crippen LogP contribution in [0, 0.1) is 5.92 Å². The van der Waals surface area contributed by atoms with Crippen LogP contribution in [0.3, 0.4) is 0 Å². The molecule has 0 aliphatic rings. The predicted molar refractivity (Wildman–Crippen MR) is 76.1 cm³/mol. The maximum absolute atomic E-state index is 3.46. The van der Waals surface area contributed by atoms with Gasteiger partial charge in [0.2, 0.25) is 0 Å². The highest BCUT2D eigenvalue weighted by atomic mass is 79.9. The number of unbranched alkanes of at least 4 members (excludes halogenated alkanes) is 1. The van der Waals surface area contributed by atoms with Gasteiger partial charge in [0.25, 0.3) is 0 Å². The molecule has 0 N–H and O–H groups in total. The van der Waals surface area contributed by atoms with Crippen molar-refractivity contribution in [3.05, 3.63) is 28.7 Å². The van der Waals surface area contributed by atoms with Gasteiger partial charge in [0.15, 0.2) is 0 Å². The van der Waals surface area contributed by atoms with Gasteiger partial charge in [0, 0.05) is 23.8 Å². The minimum absolute atomic E-state index is 0.831. The number of hydrogen-bond donors (Lipinski definition) is 0. The molecule has 16 heavy (non-hydrogen) atoms. The van der Waals surface area contributed by atoms with E-state index in [-0.39, 0.29) is 0 Å². The van der Waals surface area contributed by atoms with E-state index in [1.54, 1.807) is 0 Å². The monoisotopic (exact) mass is 283 g/mol. The van der Waals surface area contributed by atoms with Gasteiger partial charge in [-0.3, -0.25) is 0 Å². The lowest BCUT2D eigenvalue weighted by Gasteiger charge is -2.19. The fourth-order valence-electron chi connectivity index (χ4n) is 1.73. The van der Waals surface area contributed by atoms with Gasteiger partial charge in [-0.1, -0.05) is 42.6 Å². The molecular formula is C14H22BrN. The lowest BCUT2D eigenvalue weighted by molar-refractivity contribution is 0.538. The Bertz CT molecular complexity index is 292. The summed E-state index contributed by atoms with van der Waals surface area (Å²) in [5, 5.41) is 0. The van der Waals surface area contributed by atoms with Crippen LogP contribution in [0.2, 0.25) is 0 Å². The van der Waals surface area contributed by atoms with Gasteiger partial charge in [-0.05, 0) is 36.6 Å². The number of halogens is 1. The number of benzene rings is 1. The number of hydrogen-bond acceptors (Lipinski definition) is 1. The molecule has 0 unspecified atom stereocenters. The zero-order valence-corrected chi connectivity index (χ0v) is 12.1. The number of anilines is 1. The van der Waals surface area contributed by atoms with Crippen LogP contribution in [0.4, 0.5) is 5.69 Å². The molecule has 0 radical (unpaired) electrons. The van der Waals surface area contributed by atoms with E-state index < -0.39 is 0 Å². The third-order valence-electron chi connectivity index (χ3n) is 2.79. The third kappa shape index (κ3) is 5.02. The molecule has 1 rings (SSSR count). The second-order valence-electron chi connectivity index (χ2n) is 4.79. The van der Waals surface area contributed by atoms with Crippen LogP contribution >= 0.6 is 15.9 Å². The Morgan fingerprint density at radius 3 is 2.31 bits per heavy atom. The van der Waals surface area contributed by atoms with Crippen molar-refractivity contribution in [3.8, 4) is 0 Å². The van der Waals surface area contributed by atoms with Crippen LogP contribution in [-0.2, 0) is 0 Å². The quantitative estimate of drug-likeness (QED) is 0.684. The molecule has 0 amide bonds. The second-order valence-corrected chi connectivity index (χ2v) is 5.70. The van der Waals surface area contributed by atoms with Gasteiger partial charge in [0.1, 0.15) is 0 Å². The van der Waals surface area contributed by atoms with E-state index in [1.807, 2.05) is 0 Å². The first-order valence-electron chi connectivity index (χ1n) is 6.06. The second kappa shape index (κ2) is 6.95. The Morgan fingerprint density at radius 1 is 1.12 bits per heavy atom. The Morgan fingerprint density at radius 2 is 1.75 bits per heavy atom. The summed E-state index contributed by atoms with van der Waals surface area (Å²) in [6.07, 6.45) is 3.96. The van der Waals surface area contributed by atoms with Crippen LogP contribution in [0.5, 0.6) is 0 Å². The SMILES string of the molecule is CC(C)CCCCN(C)c1ccc(Br)cc1. The molecular weight excluding hydrogens is 262 g/mol. The summed E-state index contributed by atoms with van der Waals surface area (Å²) in [5.74, 6) is 0.831. The van der Waals surface area contributed by atoms with E-state index in [1.165, 1.54) is 24.9 Å². The molecule has 0 aromatic heterocycles. The fourth-order valence-corrected chi connectivity index (χ4v) is 1.99. The minimum atomic E-state index is 0.831. The molecule has 0 bridgehead atoms. The van der Waals surface area contributed by atoms with Gasteiger partial charge in [-0.2, -0.15) is 0 Å². The summed E-state index contributed by atoms with van der Waals surface area (Å²) in [6, 6.07) is 8.51. The van der Waals surface area contributed by atoms with Crippen molar-refractivity contribution in [1.82, 2.24) is 0 Å². The van der Waals surface area contributed by atoms with Crippen LogP contribution in [0.1, 0.15) is 33.1 Å². The Balaban J connectivity index is 2.29. The molecule has 0 aliphatic carbocycles. The first-order valence-corrected chi connectivity index (χ1v) is 6.85. The largest absolute Gasteiger partial charge is 0.375 e. The normalized spacial score (nSPS) is 10.8. The zero-order valence-electron chi connectivity index (χ0n) is 10.5. The fraction of sp³-hybridized carbons (Fsp3) is 0.571. The van der Waals surface area contributed by atoms with Gasteiger partial charge in [0.05, 0.1) is 0 Å². The summed E-state index contributed by atoms with van der Waals surface area (Å²) < 4.78 is 1.14. The molecule has 90 valence electrons. The highest BCUT2D eigenvalue weighted by Gasteiger charge is 2.00. The number of rotatable bonds is 6. The number of nitrogens with zero attached hydrogens (tertiary/aromatic N) is 1. The first kappa shape index (κ1) is 13.6. The average Bonchev–Trinajstić information content (AvgIpc) is 2.25. The first-order chi connectivity index (χ1) is 7.59. The zero-order chi connectivity index (χ0) is 12.0. The van der Waals surface area contributed by atoms with Crippen LogP contribution in [-0.4, -0.2) is 13.6 Å². The molecule has 0 aliphatic heterocycles. The summed E-state index contributed by atoms with van der Waals surface area (Å²) in [4.78, 5) is 2.33. The molecule has 0 saturated carbocycles. The van der Waals surface area contributed by atoms with E-state index >= 15 is 0 Å². The van der Waals surface area contributed by atoms with Gasteiger partial charge >= 0.3 is 0 Å².